The van der Waals surface area contributed by atoms with Crippen LogP contribution in [0.4, 0.5) is 0 Å². The molecule has 0 aromatic heterocycles. The summed E-state index contributed by atoms with van der Waals surface area (Å²) in [7, 11) is 0. The van der Waals surface area contributed by atoms with E-state index < -0.39 is 0 Å². The average molecular weight is 214 g/mol. The normalized spacial score (nSPS) is 10.6. The van der Waals surface area contributed by atoms with E-state index in [9.17, 15) is 0 Å². The molecule has 0 bridgehead atoms. The molecule has 1 aromatic carbocycles. The first-order valence-corrected chi connectivity index (χ1v) is 5.73. The van der Waals surface area contributed by atoms with Crippen molar-refractivity contribution >= 4 is 12.3 Å². The van der Waals surface area contributed by atoms with Gasteiger partial charge in [-0.2, -0.15) is 0 Å². The predicted molar refractivity (Wildman–Crippen MR) is 71.8 cm³/mol. The monoisotopic (exact) mass is 214 g/mol. The summed E-state index contributed by atoms with van der Waals surface area (Å²) in [5.74, 6) is 0. The summed E-state index contributed by atoms with van der Waals surface area (Å²) in [4.78, 5) is 0. The van der Waals surface area contributed by atoms with Gasteiger partial charge in [-0.3, -0.25) is 0 Å². The second-order valence-corrected chi connectivity index (χ2v) is 3.87. The van der Waals surface area contributed by atoms with Crippen molar-refractivity contribution in [2.24, 2.45) is 0 Å². The highest BCUT2D eigenvalue weighted by Crippen LogP contribution is 2.12. The quantitative estimate of drug-likeness (QED) is 0.385. The van der Waals surface area contributed by atoms with Crippen molar-refractivity contribution in [2.45, 2.75) is 19.8 Å². The second-order valence-electron chi connectivity index (χ2n) is 3.87. The van der Waals surface area contributed by atoms with Crippen LogP contribution in [0, 0.1) is 0 Å². The molecule has 0 heterocycles. The molecule has 0 aliphatic carbocycles. The van der Waals surface area contributed by atoms with E-state index in [4.69, 9.17) is 0 Å². The first-order chi connectivity index (χ1) is 7.74. The zero-order valence-corrected chi connectivity index (χ0v) is 10.0. The minimum absolute atomic E-state index is 0.995. The number of allylic oxidation sites excluding steroid dienone is 2. The topological polar surface area (TPSA) is 3.01 Å². The average Bonchev–Trinajstić information content (AvgIpc) is 2.34. The summed E-state index contributed by atoms with van der Waals surface area (Å²) >= 11 is 0. The van der Waals surface area contributed by atoms with Crippen molar-refractivity contribution in [1.82, 2.24) is 0 Å². The van der Waals surface area contributed by atoms with Crippen LogP contribution in [-0.4, -0.2) is 17.8 Å². The number of nitrogens with zero attached hydrogens (tertiary/aromatic N) is 1. The van der Waals surface area contributed by atoms with Gasteiger partial charge in [-0.05, 0) is 11.1 Å². The van der Waals surface area contributed by atoms with Gasteiger partial charge in [0.2, 0.25) is 0 Å². The Morgan fingerprint density at radius 1 is 1.31 bits per heavy atom. The predicted octanol–water partition coefficient (Wildman–Crippen LogP) is 3.73. The number of unbranched alkanes of at least 4 members (excludes halogenated alkanes) is 1. The third kappa shape index (κ3) is 4.26. The lowest BCUT2D eigenvalue weighted by molar-refractivity contribution is -0.448. The minimum Gasteiger partial charge on any atom is -0.212 e. The van der Waals surface area contributed by atoms with Crippen molar-refractivity contribution in [1.29, 1.82) is 0 Å². The van der Waals surface area contributed by atoms with Gasteiger partial charge in [0.15, 0.2) is 6.20 Å². The summed E-state index contributed by atoms with van der Waals surface area (Å²) in [5, 5.41) is 0. The highest BCUT2D eigenvalue weighted by molar-refractivity contribution is 5.71. The summed E-state index contributed by atoms with van der Waals surface area (Å²) in [6.45, 7) is 11.2. The first-order valence-electron chi connectivity index (χ1n) is 5.73. The molecule has 0 saturated carbocycles. The molecule has 0 unspecified atom stereocenters. The van der Waals surface area contributed by atoms with E-state index in [1.807, 2.05) is 35.1 Å². The molecule has 0 N–H and O–H groups in total. The Labute approximate surface area is 98.4 Å². The van der Waals surface area contributed by atoms with E-state index in [1.165, 1.54) is 12.8 Å². The highest BCUT2D eigenvalue weighted by atomic mass is 14.9. The fraction of sp³-hybridized carbons (Fsp3) is 0.267. The van der Waals surface area contributed by atoms with Crippen LogP contribution >= 0.6 is 0 Å². The first kappa shape index (κ1) is 12.4. The molecule has 0 spiro atoms. The Balaban J connectivity index is 2.51. The molecule has 0 radical (unpaired) electrons. The Kier molecular flexibility index (Phi) is 5.27. The van der Waals surface area contributed by atoms with Crippen molar-refractivity contribution in [3.05, 3.63) is 54.8 Å². The lowest BCUT2D eigenvalue weighted by Gasteiger charge is -1.98. The standard InChI is InChI=1S/C15H20N/c1-4-5-12-16(3)13-11-14(2)15-9-7-6-8-10-15/h6-11,13H,2-5,12H2,1H3/q+1/b13-11-. The van der Waals surface area contributed by atoms with E-state index in [2.05, 4.69) is 32.4 Å². The lowest BCUT2D eigenvalue weighted by Crippen LogP contribution is -2.02. The largest absolute Gasteiger partial charge is 0.212 e. The summed E-state index contributed by atoms with van der Waals surface area (Å²) in [6, 6.07) is 10.2. The third-order valence-electron chi connectivity index (χ3n) is 2.43. The maximum absolute atomic E-state index is 4.04. The van der Waals surface area contributed by atoms with Gasteiger partial charge in [0.05, 0.1) is 0 Å². The Hall–Kier alpha value is -1.63. The second kappa shape index (κ2) is 6.78. The maximum Gasteiger partial charge on any atom is 0.168 e. The number of hydrogen-bond acceptors (Lipinski definition) is 0. The minimum atomic E-state index is 0.995. The fourth-order valence-electron chi connectivity index (χ4n) is 1.38. The molecule has 1 heteroatoms. The number of benzene rings is 1. The van der Waals surface area contributed by atoms with Crippen LogP contribution in [0.15, 0.2) is 49.2 Å². The van der Waals surface area contributed by atoms with E-state index in [0.717, 1.165) is 17.7 Å². The smallest absolute Gasteiger partial charge is 0.168 e. The van der Waals surface area contributed by atoms with E-state index in [0.29, 0.717) is 0 Å². The molecule has 1 rings (SSSR count). The molecule has 0 aliphatic rings. The summed E-state index contributed by atoms with van der Waals surface area (Å²) in [6.07, 6.45) is 6.37. The van der Waals surface area contributed by atoms with Crippen LogP contribution in [0.1, 0.15) is 25.3 Å². The van der Waals surface area contributed by atoms with Crippen LogP contribution in [0.25, 0.3) is 5.57 Å². The third-order valence-corrected chi connectivity index (χ3v) is 2.43. The van der Waals surface area contributed by atoms with E-state index in [-0.39, 0.29) is 0 Å². The SMILES string of the molecule is C=C(/C=C\[N+](=C)CCCC)c1ccccc1. The van der Waals surface area contributed by atoms with Gasteiger partial charge in [0, 0.05) is 12.5 Å². The van der Waals surface area contributed by atoms with Crippen LogP contribution in [0.2, 0.25) is 0 Å². The highest BCUT2D eigenvalue weighted by Gasteiger charge is 1.96. The van der Waals surface area contributed by atoms with Crippen LogP contribution in [-0.2, 0) is 0 Å². The van der Waals surface area contributed by atoms with Crippen molar-refractivity contribution in [2.75, 3.05) is 6.54 Å². The van der Waals surface area contributed by atoms with Crippen molar-refractivity contribution in [3.8, 4) is 0 Å². The molecule has 0 fully saturated rings. The zero-order valence-electron chi connectivity index (χ0n) is 10.0. The molecule has 0 saturated heterocycles. The van der Waals surface area contributed by atoms with E-state index >= 15 is 0 Å². The molecule has 0 amide bonds. The molecule has 0 aliphatic heterocycles. The maximum atomic E-state index is 4.04. The Morgan fingerprint density at radius 3 is 2.62 bits per heavy atom. The zero-order chi connectivity index (χ0) is 11.8. The van der Waals surface area contributed by atoms with Gasteiger partial charge < -0.3 is 0 Å². The van der Waals surface area contributed by atoms with Gasteiger partial charge >= 0.3 is 0 Å². The fourth-order valence-corrected chi connectivity index (χ4v) is 1.38. The van der Waals surface area contributed by atoms with Gasteiger partial charge in [-0.15, -0.1) is 0 Å². The Morgan fingerprint density at radius 2 is 2.00 bits per heavy atom. The van der Waals surface area contributed by atoms with Crippen LogP contribution in [0.3, 0.4) is 0 Å². The van der Waals surface area contributed by atoms with Crippen molar-refractivity contribution in [3.63, 3.8) is 0 Å². The van der Waals surface area contributed by atoms with Gasteiger partial charge in [-0.25, -0.2) is 4.58 Å². The Bertz CT molecular complexity index is 374. The molecular weight excluding hydrogens is 194 g/mol. The van der Waals surface area contributed by atoms with Gasteiger partial charge in [0.1, 0.15) is 13.3 Å². The van der Waals surface area contributed by atoms with Gasteiger partial charge in [0.25, 0.3) is 0 Å². The van der Waals surface area contributed by atoms with Crippen molar-refractivity contribution < 1.29 is 4.58 Å². The van der Waals surface area contributed by atoms with Gasteiger partial charge in [-0.1, -0.05) is 50.3 Å². The molecule has 1 nitrogen and oxygen atoms in total. The number of hydrogen-bond donors (Lipinski definition) is 0. The van der Waals surface area contributed by atoms with Crippen LogP contribution < -0.4 is 0 Å². The molecule has 16 heavy (non-hydrogen) atoms. The summed E-state index contributed by atoms with van der Waals surface area (Å²) in [5.41, 5.74) is 2.17. The summed E-state index contributed by atoms with van der Waals surface area (Å²) < 4.78 is 1.96. The van der Waals surface area contributed by atoms with Crippen LogP contribution in [0.5, 0.6) is 0 Å². The molecule has 84 valence electrons. The lowest BCUT2D eigenvalue weighted by atomic mass is 10.1. The molecule has 1 aromatic rings. The van der Waals surface area contributed by atoms with E-state index in [1.54, 1.807) is 0 Å². The number of rotatable bonds is 6. The molecule has 0 atom stereocenters. The molecular formula is C15H20N+.